The van der Waals surface area contributed by atoms with Crippen molar-refractivity contribution >= 4 is 17.5 Å². The Kier molecular flexibility index (Phi) is 5.92. The SMILES string of the molecule is CCCCNC(=O)c1ccc(NC(=O)c2cccc(C)c2)cc1. The van der Waals surface area contributed by atoms with Crippen molar-refractivity contribution in [3.05, 3.63) is 65.2 Å². The lowest BCUT2D eigenvalue weighted by molar-refractivity contribution is 0.0952. The molecular weight excluding hydrogens is 288 g/mol. The summed E-state index contributed by atoms with van der Waals surface area (Å²) >= 11 is 0. The van der Waals surface area contributed by atoms with Gasteiger partial charge in [0.1, 0.15) is 0 Å². The van der Waals surface area contributed by atoms with Gasteiger partial charge in [-0.15, -0.1) is 0 Å². The van der Waals surface area contributed by atoms with Crippen LogP contribution in [-0.2, 0) is 0 Å². The Morgan fingerprint density at radius 1 is 0.957 bits per heavy atom. The summed E-state index contributed by atoms with van der Waals surface area (Å²) in [7, 11) is 0. The zero-order valence-electron chi connectivity index (χ0n) is 13.6. The molecule has 23 heavy (non-hydrogen) atoms. The van der Waals surface area contributed by atoms with Crippen molar-refractivity contribution < 1.29 is 9.59 Å². The fourth-order valence-electron chi connectivity index (χ4n) is 2.18. The van der Waals surface area contributed by atoms with Crippen molar-refractivity contribution in [1.29, 1.82) is 0 Å². The Labute approximate surface area is 136 Å². The zero-order valence-corrected chi connectivity index (χ0v) is 13.6. The number of carbonyl (C=O) groups is 2. The van der Waals surface area contributed by atoms with E-state index < -0.39 is 0 Å². The van der Waals surface area contributed by atoms with Crippen molar-refractivity contribution in [3.8, 4) is 0 Å². The molecule has 0 aliphatic heterocycles. The number of hydrogen-bond donors (Lipinski definition) is 2. The monoisotopic (exact) mass is 310 g/mol. The second-order valence-electron chi connectivity index (χ2n) is 5.51. The molecule has 0 radical (unpaired) electrons. The minimum atomic E-state index is -0.158. The van der Waals surface area contributed by atoms with Crippen LogP contribution in [0.2, 0.25) is 0 Å². The third-order valence-electron chi connectivity index (χ3n) is 3.50. The molecule has 0 aliphatic carbocycles. The van der Waals surface area contributed by atoms with Gasteiger partial charge >= 0.3 is 0 Å². The third-order valence-corrected chi connectivity index (χ3v) is 3.50. The molecular formula is C19H22N2O2. The Balaban J connectivity index is 1.97. The van der Waals surface area contributed by atoms with E-state index in [0.29, 0.717) is 23.4 Å². The molecule has 0 bridgehead atoms. The van der Waals surface area contributed by atoms with Gasteiger partial charge in [-0.3, -0.25) is 9.59 Å². The summed E-state index contributed by atoms with van der Waals surface area (Å²) in [6.07, 6.45) is 2.01. The number of hydrogen-bond acceptors (Lipinski definition) is 2. The molecule has 2 N–H and O–H groups in total. The fourth-order valence-corrected chi connectivity index (χ4v) is 2.18. The molecule has 0 aliphatic rings. The maximum atomic E-state index is 12.2. The van der Waals surface area contributed by atoms with Crippen molar-refractivity contribution in [2.45, 2.75) is 26.7 Å². The summed E-state index contributed by atoms with van der Waals surface area (Å²) in [5.74, 6) is -0.246. The molecule has 0 unspecified atom stereocenters. The van der Waals surface area contributed by atoms with Crippen molar-refractivity contribution in [2.24, 2.45) is 0 Å². The summed E-state index contributed by atoms with van der Waals surface area (Å²) in [6.45, 7) is 4.71. The maximum absolute atomic E-state index is 12.2. The lowest BCUT2D eigenvalue weighted by Crippen LogP contribution is -2.24. The van der Waals surface area contributed by atoms with Crippen molar-refractivity contribution in [1.82, 2.24) is 5.32 Å². The van der Waals surface area contributed by atoms with E-state index in [1.54, 1.807) is 30.3 Å². The predicted molar refractivity (Wildman–Crippen MR) is 92.8 cm³/mol. The van der Waals surface area contributed by atoms with Crippen LogP contribution in [0, 0.1) is 6.92 Å². The summed E-state index contributed by atoms with van der Waals surface area (Å²) in [5.41, 5.74) is 2.92. The first-order valence-corrected chi connectivity index (χ1v) is 7.86. The van der Waals surface area contributed by atoms with Gasteiger partial charge in [0.25, 0.3) is 11.8 Å². The Morgan fingerprint density at radius 2 is 1.70 bits per heavy atom. The molecule has 4 heteroatoms. The van der Waals surface area contributed by atoms with Crippen LogP contribution in [0.25, 0.3) is 0 Å². The van der Waals surface area contributed by atoms with Crippen LogP contribution in [0.15, 0.2) is 48.5 Å². The van der Waals surface area contributed by atoms with Crippen LogP contribution in [0.4, 0.5) is 5.69 Å². The lowest BCUT2D eigenvalue weighted by Gasteiger charge is -2.08. The predicted octanol–water partition coefficient (Wildman–Crippen LogP) is 3.78. The Bertz CT molecular complexity index is 678. The summed E-state index contributed by atoms with van der Waals surface area (Å²) in [6, 6.07) is 14.3. The second kappa shape index (κ2) is 8.13. The number of aryl methyl sites for hydroxylation is 1. The van der Waals surface area contributed by atoms with Crippen molar-refractivity contribution in [2.75, 3.05) is 11.9 Å². The van der Waals surface area contributed by atoms with Crippen LogP contribution in [0.5, 0.6) is 0 Å². The molecule has 0 saturated carbocycles. The molecule has 0 heterocycles. The highest BCUT2D eigenvalue weighted by atomic mass is 16.2. The summed E-state index contributed by atoms with van der Waals surface area (Å²) < 4.78 is 0. The van der Waals surface area contributed by atoms with E-state index in [4.69, 9.17) is 0 Å². The quantitative estimate of drug-likeness (QED) is 0.798. The van der Waals surface area contributed by atoms with Gasteiger partial charge in [-0.05, 0) is 49.7 Å². The Morgan fingerprint density at radius 3 is 2.35 bits per heavy atom. The van der Waals surface area contributed by atoms with Gasteiger partial charge in [0.2, 0.25) is 0 Å². The van der Waals surface area contributed by atoms with E-state index in [2.05, 4.69) is 17.6 Å². The number of unbranched alkanes of at least 4 members (excludes halogenated alkanes) is 1. The number of benzene rings is 2. The smallest absolute Gasteiger partial charge is 0.255 e. The number of nitrogens with one attached hydrogen (secondary N) is 2. The minimum Gasteiger partial charge on any atom is -0.352 e. The minimum absolute atomic E-state index is 0.0880. The summed E-state index contributed by atoms with van der Waals surface area (Å²) in [5, 5.41) is 5.70. The van der Waals surface area contributed by atoms with E-state index in [9.17, 15) is 9.59 Å². The Hall–Kier alpha value is -2.62. The molecule has 120 valence electrons. The van der Waals surface area contributed by atoms with Crippen LogP contribution >= 0.6 is 0 Å². The summed E-state index contributed by atoms with van der Waals surface area (Å²) in [4.78, 5) is 24.1. The molecule has 0 aromatic heterocycles. The average Bonchev–Trinajstić information content (AvgIpc) is 2.55. The standard InChI is InChI=1S/C19H22N2O2/c1-3-4-12-20-18(22)15-8-10-17(11-9-15)21-19(23)16-7-5-6-14(2)13-16/h5-11,13H,3-4,12H2,1-2H3,(H,20,22)(H,21,23). The van der Waals surface area contributed by atoms with E-state index in [1.165, 1.54) is 0 Å². The van der Waals surface area contributed by atoms with Gasteiger partial charge in [0.15, 0.2) is 0 Å². The van der Waals surface area contributed by atoms with Crippen LogP contribution in [-0.4, -0.2) is 18.4 Å². The topological polar surface area (TPSA) is 58.2 Å². The van der Waals surface area contributed by atoms with Crippen LogP contribution in [0.1, 0.15) is 46.0 Å². The third kappa shape index (κ3) is 4.95. The van der Waals surface area contributed by atoms with Gasteiger partial charge < -0.3 is 10.6 Å². The average molecular weight is 310 g/mol. The van der Waals surface area contributed by atoms with Crippen molar-refractivity contribution in [3.63, 3.8) is 0 Å². The van der Waals surface area contributed by atoms with E-state index >= 15 is 0 Å². The number of anilines is 1. The largest absolute Gasteiger partial charge is 0.352 e. The molecule has 2 rings (SSSR count). The molecule has 2 amide bonds. The highest BCUT2D eigenvalue weighted by Crippen LogP contribution is 2.12. The second-order valence-corrected chi connectivity index (χ2v) is 5.51. The molecule has 0 spiro atoms. The number of rotatable bonds is 6. The lowest BCUT2D eigenvalue weighted by atomic mass is 10.1. The molecule has 2 aromatic carbocycles. The first-order chi connectivity index (χ1) is 11.1. The van der Waals surface area contributed by atoms with Gasteiger partial charge in [-0.25, -0.2) is 0 Å². The fraction of sp³-hybridized carbons (Fsp3) is 0.263. The number of carbonyl (C=O) groups excluding carboxylic acids is 2. The number of amides is 2. The molecule has 0 atom stereocenters. The van der Waals surface area contributed by atoms with E-state index in [1.807, 2.05) is 25.1 Å². The normalized spacial score (nSPS) is 10.2. The van der Waals surface area contributed by atoms with Gasteiger partial charge in [-0.1, -0.05) is 31.0 Å². The van der Waals surface area contributed by atoms with Gasteiger partial charge in [-0.2, -0.15) is 0 Å². The molecule has 0 fully saturated rings. The van der Waals surface area contributed by atoms with Gasteiger partial charge in [0.05, 0.1) is 0 Å². The molecule has 4 nitrogen and oxygen atoms in total. The van der Waals surface area contributed by atoms with Crippen LogP contribution in [0.3, 0.4) is 0 Å². The highest BCUT2D eigenvalue weighted by Gasteiger charge is 2.08. The first kappa shape index (κ1) is 16.7. The molecule has 0 saturated heterocycles. The molecule has 2 aromatic rings. The van der Waals surface area contributed by atoms with E-state index in [-0.39, 0.29) is 11.8 Å². The highest BCUT2D eigenvalue weighted by molar-refractivity contribution is 6.04. The maximum Gasteiger partial charge on any atom is 0.255 e. The van der Waals surface area contributed by atoms with E-state index in [0.717, 1.165) is 18.4 Å². The van der Waals surface area contributed by atoms with Crippen LogP contribution < -0.4 is 10.6 Å². The zero-order chi connectivity index (χ0) is 16.7. The first-order valence-electron chi connectivity index (χ1n) is 7.86. The van der Waals surface area contributed by atoms with Gasteiger partial charge in [0, 0.05) is 23.4 Å².